The SMILES string of the molecule is CCCCCCCCCCCCCCCCC(=O)OC(COC(=O)CCCCCCCCC)COC(OCC[N+](C)(C)C)C(=O)O. The third-order valence-corrected chi connectivity index (χ3v) is 8.11. The van der Waals surface area contributed by atoms with Crippen molar-refractivity contribution in [1.82, 2.24) is 0 Å². The van der Waals surface area contributed by atoms with E-state index in [0.29, 0.717) is 17.4 Å². The number of carbonyl (C=O) groups excluding carboxylic acids is 2. The number of carboxylic acid groups (broad SMARTS) is 1. The van der Waals surface area contributed by atoms with E-state index < -0.39 is 24.3 Å². The zero-order valence-corrected chi connectivity index (χ0v) is 30.5. The van der Waals surface area contributed by atoms with Crippen molar-refractivity contribution in [2.75, 3.05) is 47.5 Å². The van der Waals surface area contributed by atoms with Gasteiger partial charge in [0.25, 0.3) is 6.29 Å². The molecule has 0 aromatic heterocycles. The molecule has 0 aliphatic heterocycles. The van der Waals surface area contributed by atoms with Crippen molar-refractivity contribution in [3.63, 3.8) is 0 Å². The van der Waals surface area contributed by atoms with E-state index in [1.165, 1.54) is 96.3 Å². The number of carbonyl (C=O) groups is 3. The van der Waals surface area contributed by atoms with Crippen LogP contribution in [0.25, 0.3) is 0 Å². The Kier molecular flexibility index (Phi) is 29.5. The van der Waals surface area contributed by atoms with Crippen molar-refractivity contribution in [3.8, 4) is 0 Å². The number of esters is 2. The summed E-state index contributed by atoms with van der Waals surface area (Å²) in [5.74, 6) is -2.01. The Balaban J connectivity index is 4.48. The maximum Gasteiger partial charge on any atom is 0.361 e. The highest BCUT2D eigenvalue weighted by Crippen LogP contribution is 2.14. The number of carboxylic acids is 1. The van der Waals surface area contributed by atoms with E-state index >= 15 is 0 Å². The second-order valence-electron chi connectivity index (χ2n) is 13.9. The van der Waals surface area contributed by atoms with Crippen LogP contribution >= 0.6 is 0 Å². The molecule has 0 fully saturated rings. The van der Waals surface area contributed by atoms with E-state index in [-0.39, 0.29) is 32.2 Å². The molecule has 0 spiro atoms. The van der Waals surface area contributed by atoms with Gasteiger partial charge in [-0.15, -0.1) is 0 Å². The summed E-state index contributed by atoms with van der Waals surface area (Å²) in [6.07, 6.45) is 23.2. The Labute approximate surface area is 282 Å². The lowest BCUT2D eigenvalue weighted by Gasteiger charge is -2.25. The average Bonchev–Trinajstić information content (AvgIpc) is 3.00. The summed E-state index contributed by atoms with van der Waals surface area (Å²) in [4.78, 5) is 36.7. The Hall–Kier alpha value is -1.71. The summed E-state index contributed by atoms with van der Waals surface area (Å²) >= 11 is 0. The van der Waals surface area contributed by atoms with Crippen molar-refractivity contribution >= 4 is 17.9 Å². The van der Waals surface area contributed by atoms with Gasteiger partial charge in [-0.2, -0.15) is 0 Å². The van der Waals surface area contributed by atoms with E-state index in [0.717, 1.165) is 38.5 Å². The molecule has 0 saturated heterocycles. The van der Waals surface area contributed by atoms with Gasteiger partial charge < -0.3 is 28.5 Å². The maximum atomic E-state index is 12.6. The summed E-state index contributed by atoms with van der Waals surface area (Å²) in [7, 11) is 5.94. The molecule has 1 N–H and O–H groups in total. The molecule has 2 unspecified atom stereocenters. The number of likely N-dealkylation sites (N-methyl/N-ethyl adjacent to an activating group) is 1. The first-order valence-electron chi connectivity index (χ1n) is 18.7. The first-order valence-corrected chi connectivity index (χ1v) is 18.7. The molecule has 0 radical (unpaired) electrons. The summed E-state index contributed by atoms with van der Waals surface area (Å²) < 4.78 is 22.5. The van der Waals surface area contributed by atoms with Gasteiger partial charge in [0.05, 0.1) is 34.4 Å². The van der Waals surface area contributed by atoms with Crippen LogP contribution in [0.1, 0.15) is 162 Å². The van der Waals surface area contributed by atoms with Crippen LogP contribution < -0.4 is 0 Å². The number of rotatable bonds is 34. The summed E-state index contributed by atoms with van der Waals surface area (Å²) in [6.45, 7) is 4.82. The quantitative estimate of drug-likeness (QED) is 0.0317. The molecular formula is C37H72NO8+. The normalized spacial score (nSPS) is 13.0. The molecule has 0 heterocycles. The van der Waals surface area contributed by atoms with E-state index in [4.69, 9.17) is 18.9 Å². The molecule has 9 heteroatoms. The lowest BCUT2D eigenvalue weighted by molar-refractivity contribution is -0.870. The minimum absolute atomic E-state index is 0.176. The van der Waals surface area contributed by atoms with Crippen molar-refractivity contribution in [2.45, 2.75) is 174 Å². The Bertz CT molecular complexity index is 739. The highest BCUT2D eigenvalue weighted by molar-refractivity contribution is 5.71. The van der Waals surface area contributed by atoms with E-state index in [2.05, 4.69) is 13.8 Å². The summed E-state index contributed by atoms with van der Waals surface area (Å²) in [5.41, 5.74) is 0. The largest absolute Gasteiger partial charge is 0.477 e. The molecule has 0 aliphatic rings. The molecular weight excluding hydrogens is 586 g/mol. The molecule has 0 saturated carbocycles. The molecule has 0 amide bonds. The number of hydrogen-bond acceptors (Lipinski definition) is 7. The van der Waals surface area contributed by atoms with Crippen LogP contribution in [0.5, 0.6) is 0 Å². The smallest absolute Gasteiger partial charge is 0.361 e. The molecule has 2 atom stereocenters. The van der Waals surface area contributed by atoms with Crippen molar-refractivity contribution in [1.29, 1.82) is 0 Å². The van der Waals surface area contributed by atoms with Crippen LogP contribution in [0.4, 0.5) is 0 Å². The second kappa shape index (κ2) is 30.6. The number of hydrogen-bond donors (Lipinski definition) is 1. The molecule has 0 aliphatic carbocycles. The highest BCUT2D eigenvalue weighted by Gasteiger charge is 2.25. The van der Waals surface area contributed by atoms with Gasteiger partial charge in [-0.05, 0) is 12.8 Å². The van der Waals surface area contributed by atoms with Gasteiger partial charge in [0, 0.05) is 12.8 Å². The van der Waals surface area contributed by atoms with Gasteiger partial charge in [-0.3, -0.25) is 9.59 Å². The van der Waals surface area contributed by atoms with Crippen LogP contribution in [0.2, 0.25) is 0 Å². The monoisotopic (exact) mass is 659 g/mol. The van der Waals surface area contributed by atoms with Crippen LogP contribution in [-0.2, 0) is 33.3 Å². The topological polar surface area (TPSA) is 108 Å². The summed E-state index contributed by atoms with van der Waals surface area (Å²) in [5, 5.41) is 9.55. The van der Waals surface area contributed by atoms with Crippen molar-refractivity contribution in [2.24, 2.45) is 0 Å². The zero-order valence-electron chi connectivity index (χ0n) is 30.5. The molecule has 0 aromatic rings. The van der Waals surface area contributed by atoms with E-state index in [9.17, 15) is 19.5 Å². The first kappa shape index (κ1) is 44.3. The molecule has 0 bridgehead atoms. The van der Waals surface area contributed by atoms with Crippen LogP contribution in [0, 0.1) is 0 Å². The summed E-state index contributed by atoms with van der Waals surface area (Å²) in [6, 6.07) is 0. The Morgan fingerprint density at radius 2 is 0.978 bits per heavy atom. The standard InChI is InChI=1S/C37H71NO8/c1-6-8-10-12-14-15-16-17-18-19-20-22-24-26-28-35(40)46-33(31-44-34(39)27-25-23-21-13-11-9-7-2)32-45-37(36(41)42)43-30-29-38(3,4)5/h33,37H,6-32H2,1-5H3/p+1. The Morgan fingerprint density at radius 3 is 1.39 bits per heavy atom. The van der Waals surface area contributed by atoms with Crippen molar-refractivity contribution < 1.29 is 42.9 Å². The second-order valence-corrected chi connectivity index (χ2v) is 13.9. The fourth-order valence-corrected chi connectivity index (χ4v) is 5.13. The van der Waals surface area contributed by atoms with E-state index in [1.807, 2.05) is 21.1 Å². The minimum atomic E-state index is -1.50. The van der Waals surface area contributed by atoms with Crippen LogP contribution in [-0.4, -0.2) is 87.4 Å². The molecule has 46 heavy (non-hydrogen) atoms. The van der Waals surface area contributed by atoms with Crippen LogP contribution in [0.3, 0.4) is 0 Å². The maximum absolute atomic E-state index is 12.6. The lowest BCUT2D eigenvalue weighted by Crippen LogP contribution is -2.40. The fourth-order valence-electron chi connectivity index (χ4n) is 5.13. The Morgan fingerprint density at radius 1 is 0.565 bits per heavy atom. The third-order valence-electron chi connectivity index (χ3n) is 8.11. The molecule has 0 rings (SSSR count). The van der Waals surface area contributed by atoms with Gasteiger partial charge in [-0.1, -0.05) is 136 Å². The van der Waals surface area contributed by atoms with Gasteiger partial charge in [0.15, 0.2) is 6.10 Å². The first-order chi connectivity index (χ1) is 22.1. The predicted octanol–water partition coefficient (Wildman–Crippen LogP) is 8.60. The van der Waals surface area contributed by atoms with Crippen LogP contribution in [0.15, 0.2) is 0 Å². The van der Waals surface area contributed by atoms with Gasteiger partial charge in [-0.25, -0.2) is 4.79 Å². The molecule has 9 nitrogen and oxygen atoms in total. The lowest BCUT2D eigenvalue weighted by atomic mass is 10.0. The number of ether oxygens (including phenoxy) is 4. The van der Waals surface area contributed by atoms with E-state index in [1.54, 1.807) is 0 Å². The van der Waals surface area contributed by atoms with Gasteiger partial charge in [0.2, 0.25) is 0 Å². The predicted molar refractivity (Wildman–Crippen MR) is 185 cm³/mol. The number of unbranched alkanes of at least 4 members (excludes halogenated alkanes) is 19. The molecule has 272 valence electrons. The average molecular weight is 659 g/mol. The minimum Gasteiger partial charge on any atom is -0.477 e. The number of aliphatic carboxylic acids is 1. The van der Waals surface area contributed by atoms with Gasteiger partial charge in [0.1, 0.15) is 13.2 Å². The fraction of sp³-hybridized carbons (Fsp3) is 0.919. The number of quaternary nitrogens is 1. The highest BCUT2D eigenvalue weighted by atomic mass is 16.7. The number of nitrogens with zero attached hydrogens (tertiary/aromatic N) is 1. The van der Waals surface area contributed by atoms with Crippen molar-refractivity contribution in [3.05, 3.63) is 0 Å². The molecule has 0 aromatic carbocycles. The van der Waals surface area contributed by atoms with Gasteiger partial charge >= 0.3 is 17.9 Å². The zero-order chi connectivity index (χ0) is 34.3. The third kappa shape index (κ3) is 30.9.